The first-order valence-corrected chi connectivity index (χ1v) is 3.90. The number of nitrogens with one attached hydrogen (secondary N) is 1. The summed E-state index contributed by atoms with van der Waals surface area (Å²) in [5.74, 6) is 0.141. The van der Waals surface area contributed by atoms with Crippen molar-refractivity contribution < 1.29 is 15.1 Å². The molecule has 0 unspecified atom stereocenters. The van der Waals surface area contributed by atoms with Crippen LogP contribution in [0.25, 0.3) is 0 Å². The molecular weight excluding hydrogens is 184 g/mol. The molecular formula is C9H10N2O3. The zero-order valence-corrected chi connectivity index (χ0v) is 7.61. The maximum Gasteiger partial charge on any atom is 0.162 e. The number of benzene rings is 1. The first-order chi connectivity index (χ1) is 6.72. The number of rotatable bonds is 3. The number of nitriles is 1. The van der Waals surface area contributed by atoms with Crippen LogP contribution in [0.3, 0.4) is 0 Å². The molecule has 0 saturated carbocycles. The molecule has 0 aliphatic carbocycles. The summed E-state index contributed by atoms with van der Waals surface area (Å²) in [6.07, 6.45) is 0. The molecule has 5 nitrogen and oxygen atoms in total. The Kier molecular flexibility index (Phi) is 3.29. The van der Waals surface area contributed by atoms with E-state index in [0.717, 1.165) is 0 Å². The molecule has 0 spiro atoms. The van der Waals surface area contributed by atoms with Crippen LogP contribution >= 0.6 is 0 Å². The monoisotopic (exact) mass is 194 g/mol. The van der Waals surface area contributed by atoms with Crippen LogP contribution in [-0.4, -0.2) is 17.4 Å². The summed E-state index contributed by atoms with van der Waals surface area (Å²) in [5, 5.41) is 26.7. The lowest BCUT2D eigenvalue weighted by molar-refractivity contribution is 0.160. The second kappa shape index (κ2) is 4.46. The fraction of sp³-hybridized carbons (Fsp3) is 0.222. The molecule has 0 bridgehead atoms. The van der Waals surface area contributed by atoms with E-state index in [1.54, 1.807) is 0 Å². The summed E-state index contributed by atoms with van der Waals surface area (Å²) < 4.78 is 4.86. The standard InChI is InChI=1S/C9H10N2O3/c1-14-8-3-6(4-10)2-7(5-11-13)9(8)12/h2-3,11-13H,5H2,1H3. The third-order valence-corrected chi connectivity index (χ3v) is 1.77. The van der Waals surface area contributed by atoms with Gasteiger partial charge in [0.25, 0.3) is 0 Å². The molecule has 0 radical (unpaired) electrons. The second-order valence-corrected chi connectivity index (χ2v) is 2.63. The lowest BCUT2D eigenvalue weighted by Crippen LogP contribution is -2.07. The smallest absolute Gasteiger partial charge is 0.162 e. The van der Waals surface area contributed by atoms with Crippen LogP contribution in [0.1, 0.15) is 11.1 Å². The predicted octanol–water partition coefficient (Wildman–Crippen LogP) is 0.751. The van der Waals surface area contributed by atoms with Crippen LogP contribution in [-0.2, 0) is 6.54 Å². The van der Waals surface area contributed by atoms with Crippen LogP contribution in [0.5, 0.6) is 11.5 Å². The van der Waals surface area contributed by atoms with Crippen molar-refractivity contribution in [2.75, 3.05) is 7.11 Å². The van der Waals surface area contributed by atoms with Crippen molar-refractivity contribution in [2.45, 2.75) is 6.54 Å². The van der Waals surface area contributed by atoms with E-state index >= 15 is 0 Å². The van der Waals surface area contributed by atoms with E-state index in [9.17, 15) is 5.11 Å². The second-order valence-electron chi connectivity index (χ2n) is 2.63. The van der Waals surface area contributed by atoms with Gasteiger partial charge in [-0.05, 0) is 6.07 Å². The summed E-state index contributed by atoms with van der Waals surface area (Å²) in [7, 11) is 1.40. The molecule has 0 heterocycles. The molecule has 0 fully saturated rings. The number of phenolic OH excluding ortho intramolecular Hbond substituents is 1. The van der Waals surface area contributed by atoms with Crippen LogP contribution in [0, 0.1) is 11.3 Å². The van der Waals surface area contributed by atoms with Crippen molar-refractivity contribution >= 4 is 0 Å². The molecule has 1 aromatic carbocycles. The molecule has 1 aromatic rings. The number of ether oxygens (including phenoxy) is 1. The van der Waals surface area contributed by atoms with Crippen LogP contribution in [0.4, 0.5) is 0 Å². The van der Waals surface area contributed by atoms with Gasteiger partial charge in [-0.15, -0.1) is 0 Å². The van der Waals surface area contributed by atoms with Crippen molar-refractivity contribution in [1.29, 1.82) is 5.26 Å². The van der Waals surface area contributed by atoms with Crippen LogP contribution in [0.15, 0.2) is 12.1 Å². The molecule has 0 saturated heterocycles. The third kappa shape index (κ3) is 1.93. The Morgan fingerprint density at radius 3 is 2.79 bits per heavy atom. The van der Waals surface area contributed by atoms with Crippen molar-refractivity contribution in [3.8, 4) is 17.6 Å². The SMILES string of the molecule is COc1cc(C#N)cc(CNO)c1O. The van der Waals surface area contributed by atoms with Crippen molar-refractivity contribution in [3.63, 3.8) is 0 Å². The average Bonchev–Trinajstić information content (AvgIpc) is 2.21. The molecule has 74 valence electrons. The van der Waals surface area contributed by atoms with Gasteiger partial charge in [0.1, 0.15) is 0 Å². The molecule has 3 N–H and O–H groups in total. The van der Waals surface area contributed by atoms with Gasteiger partial charge < -0.3 is 15.1 Å². The number of nitrogens with zero attached hydrogens (tertiary/aromatic N) is 1. The zero-order valence-electron chi connectivity index (χ0n) is 7.61. The van der Waals surface area contributed by atoms with Gasteiger partial charge in [-0.3, -0.25) is 0 Å². The van der Waals surface area contributed by atoms with Gasteiger partial charge in [-0.2, -0.15) is 5.26 Å². The zero-order chi connectivity index (χ0) is 10.6. The van der Waals surface area contributed by atoms with E-state index in [1.165, 1.54) is 19.2 Å². The Morgan fingerprint density at radius 2 is 2.29 bits per heavy atom. The number of methoxy groups -OCH3 is 1. The van der Waals surface area contributed by atoms with Crippen LogP contribution in [0.2, 0.25) is 0 Å². The summed E-state index contributed by atoms with van der Waals surface area (Å²) in [6, 6.07) is 4.83. The summed E-state index contributed by atoms with van der Waals surface area (Å²) in [6.45, 7) is 0.0533. The van der Waals surface area contributed by atoms with E-state index in [2.05, 4.69) is 0 Å². The highest BCUT2D eigenvalue weighted by atomic mass is 16.5. The van der Waals surface area contributed by atoms with Gasteiger partial charge in [-0.1, -0.05) is 0 Å². The van der Waals surface area contributed by atoms with Gasteiger partial charge in [0.15, 0.2) is 11.5 Å². The van der Waals surface area contributed by atoms with E-state index in [0.29, 0.717) is 11.1 Å². The van der Waals surface area contributed by atoms with Crippen LogP contribution < -0.4 is 10.2 Å². The molecule has 14 heavy (non-hydrogen) atoms. The maximum atomic E-state index is 9.55. The Balaban J connectivity index is 3.21. The van der Waals surface area contributed by atoms with Gasteiger partial charge in [0.05, 0.1) is 18.7 Å². The Labute approximate surface area is 81.1 Å². The first-order valence-electron chi connectivity index (χ1n) is 3.90. The number of aromatic hydroxyl groups is 1. The summed E-state index contributed by atoms with van der Waals surface area (Å²) in [4.78, 5) is 0. The molecule has 0 amide bonds. The lowest BCUT2D eigenvalue weighted by Gasteiger charge is -2.08. The predicted molar refractivity (Wildman–Crippen MR) is 48.0 cm³/mol. The fourth-order valence-corrected chi connectivity index (χ4v) is 1.11. The summed E-state index contributed by atoms with van der Waals surface area (Å²) >= 11 is 0. The largest absolute Gasteiger partial charge is 0.504 e. The normalized spacial score (nSPS) is 9.50. The summed E-state index contributed by atoms with van der Waals surface area (Å²) in [5.41, 5.74) is 2.67. The topological polar surface area (TPSA) is 85.5 Å². The Hall–Kier alpha value is -1.77. The minimum absolute atomic E-state index is 0.0533. The molecule has 0 atom stereocenters. The first kappa shape index (κ1) is 10.3. The third-order valence-electron chi connectivity index (χ3n) is 1.77. The average molecular weight is 194 g/mol. The van der Waals surface area contributed by atoms with Crippen molar-refractivity contribution in [2.24, 2.45) is 0 Å². The van der Waals surface area contributed by atoms with Gasteiger partial charge in [0.2, 0.25) is 0 Å². The van der Waals surface area contributed by atoms with E-state index in [1.807, 2.05) is 11.5 Å². The number of hydroxylamine groups is 1. The number of hydrogen-bond acceptors (Lipinski definition) is 5. The quantitative estimate of drug-likeness (QED) is 0.618. The van der Waals surface area contributed by atoms with E-state index in [4.69, 9.17) is 15.2 Å². The Morgan fingerprint density at radius 1 is 1.57 bits per heavy atom. The highest BCUT2D eigenvalue weighted by Gasteiger charge is 2.09. The van der Waals surface area contributed by atoms with E-state index in [-0.39, 0.29) is 18.0 Å². The fourth-order valence-electron chi connectivity index (χ4n) is 1.11. The highest BCUT2D eigenvalue weighted by Crippen LogP contribution is 2.31. The van der Waals surface area contributed by atoms with Gasteiger partial charge in [0, 0.05) is 18.2 Å². The number of hydrogen-bond donors (Lipinski definition) is 3. The minimum atomic E-state index is -0.0759. The minimum Gasteiger partial charge on any atom is -0.504 e. The van der Waals surface area contributed by atoms with E-state index < -0.39 is 0 Å². The molecule has 0 aliphatic rings. The lowest BCUT2D eigenvalue weighted by atomic mass is 10.1. The van der Waals surface area contributed by atoms with Gasteiger partial charge in [-0.25, -0.2) is 5.48 Å². The maximum absolute atomic E-state index is 9.55. The highest BCUT2D eigenvalue weighted by molar-refractivity contribution is 5.51. The number of phenols is 1. The van der Waals surface area contributed by atoms with Crippen molar-refractivity contribution in [3.05, 3.63) is 23.3 Å². The van der Waals surface area contributed by atoms with Crippen molar-refractivity contribution in [1.82, 2.24) is 5.48 Å². The molecule has 0 aromatic heterocycles. The Bertz CT molecular complexity index is 371. The molecule has 0 aliphatic heterocycles. The van der Waals surface area contributed by atoms with Gasteiger partial charge >= 0.3 is 0 Å². The molecule has 1 rings (SSSR count). The molecule has 5 heteroatoms.